The van der Waals surface area contributed by atoms with Gasteiger partial charge in [0.1, 0.15) is 18.5 Å². The molecule has 1 atom stereocenters. The predicted molar refractivity (Wildman–Crippen MR) is 103 cm³/mol. The van der Waals surface area contributed by atoms with Gasteiger partial charge in [0.2, 0.25) is 5.91 Å². The van der Waals surface area contributed by atoms with Gasteiger partial charge in [-0.15, -0.1) is 0 Å². The molecule has 0 aromatic heterocycles. The molecular weight excluding hydrogens is 379 g/mol. The van der Waals surface area contributed by atoms with Crippen LogP contribution in [0.4, 0.5) is 14.9 Å². The molecule has 3 aliphatic rings. The Balaban J connectivity index is 1.27. The Morgan fingerprint density at radius 3 is 2.34 bits per heavy atom. The monoisotopic (exact) mass is 404 g/mol. The third-order valence-corrected chi connectivity index (χ3v) is 5.71. The summed E-state index contributed by atoms with van der Waals surface area (Å²) in [5.41, 5.74) is 0.618. The van der Waals surface area contributed by atoms with E-state index in [0.29, 0.717) is 51.6 Å². The lowest BCUT2D eigenvalue weighted by Crippen LogP contribution is -2.54. The number of hydrogen-bond donors (Lipinski definition) is 0. The van der Waals surface area contributed by atoms with Gasteiger partial charge in [-0.2, -0.15) is 0 Å². The molecule has 29 heavy (non-hydrogen) atoms. The number of nitrogens with zero attached hydrogens (tertiary/aromatic N) is 4. The Hall–Kier alpha value is -2.68. The van der Waals surface area contributed by atoms with Gasteiger partial charge in [0.05, 0.1) is 0 Å². The van der Waals surface area contributed by atoms with Crippen molar-refractivity contribution in [3.63, 3.8) is 0 Å². The van der Waals surface area contributed by atoms with E-state index in [1.54, 1.807) is 26.8 Å². The number of piperazine rings is 1. The van der Waals surface area contributed by atoms with Crippen LogP contribution in [0, 0.1) is 5.82 Å². The van der Waals surface area contributed by atoms with Crippen molar-refractivity contribution in [2.24, 2.45) is 0 Å². The van der Waals surface area contributed by atoms with Crippen molar-refractivity contribution in [2.75, 3.05) is 57.3 Å². The molecule has 3 saturated heterocycles. The second kappa shape index (κ2) is 8.36. The number of carbonyl (C=O) groups excluding carboxylic acids is 3. The van der Waals surface area contributed by atoms with Gasteiger partial charge in [-0.3, -0.25) is 14.5 Å². The van der Waals surface area contributed by atoms with E-state index < -0.39 is 0 Å². The number of amides is 4. The molecule has 156 valence electrons. The lowest BCUT2D eigenvalue weighted by Gasteiger charge is -2.36. The average molecular weight is 404 g/mol. The van der Waals surface area contributed by atoms with E-state index in [0.717, 1.165) is 12.8 Å². The van der Waals surface area contributed by atoms with Crippen LogP contribution in [0.1, 0.15) is 12.8 Å². The number of halogens is 1. The largest absolute Gasteiger partial charge is 0.368 e. The number of carbonyl (C=O) groups is 3. The Labute approximate surface area is 168 Å². The predicted octanol–water partition coefficient (Wildman–Crippen LogP) is 0.917. The lowest BCUT2D eigenvalue weighted by atomic mass is 10.2. The van der Waals surface area contributed by atoms with Crippen LogP contribution in [0.25, 0.3) is 0 Å². The van der Waals surface area contributed by atoms with E-state index in [9.17, 15) is 18.8 Å². The Morgan fingerprint density at radius 1 is 1.00 bits per heavy atom. The molecule has 0 N–H and O–H groups in total. The molecular formula is C20H25FN4O4. The molecule has 8 nitrogen and oxygen atoms in total. The Bertz CT molecular complexity index is 773. The van der Waals surface area contributed by atoms with Gasteiger partial charge < -0.3 is 19.4 Å². The minimum absolute atomic E-state index is 0.0101. The number of benzene rings is 1. The molecule has 1 unspecified atom stereocenters. The summed E-state index contributed by atoms with van der Waals surface area (Å²) >= 11 is 0. The summed E-state index contributed by atoms with van der Waals surface area (Å²) in [6, 6.07) is 5.49. The van der Waals surface area contributed by atoms with Crippen LogP contribution in [0.5, 0.6) is 0 Å². The second-order valence-corrected chi connectivity index (χ2v) is 7.54. The van der Waals surface area contributed by atoms with Crippen molar-refractivity contribution in [2.45, 2.75) is 18.9 Å². The summed E-state index contributed by atoms with van der Waals surface area (Å²) in [5, 5.41) is 0. The van der Waals surface area contributed by atoms with Gasteiger partial charge in [0, 0.05) is 51.6 Å². The van der Waals surface area contributed by atoms with E-state index in [-0.39, 0.29) is 36.3 Å². The zero-order valence-corrected chi connectivity index (χ0v) is 16.3. The fourth-order valence-corrected chi connectivity index (χ4v) is 4.01. The van der Waals surface area contributed by atoms with Gasteiger partial charge >= 0.3 is 6.03 Å². The zero-order chi connectivity index (χ0) is 20.4. The first-order chi connectivity index (χ1) is 14.0. The van der Waals surface area contributed by atoms with Crippen LogP contribution < -0.4 is 4.90 Å². The molecule has 0 radical (unpaired) electrons. The maximum absolute atomic E-state index is 13.1. The van der Waals surface area contributed by atoms with Gasteiger partial charge in [0.25, 0.3) is 5.91 Å². The van der Waals surface area contributed by atoms with Crippen molar-refractivity contribution in [1.82, 2.24) is 14.7 Å². The van der Waals surface area contributed by atoms with Gasteiger partial charge in [-0.05, 0) is 37.1 Å². The Morgan fingerprint density at radius 2 is 1.69 bits per heavy atom. The maximum atomic E-state index is 13.1. The fourth-order valence-electron chi connectivity index (χ4n) is 4.01. The summed E-state index contributed by atoms with van der Waals surface area (Å²) in [4.78, 5) is 44.2. The molecule has 3 heterocycles. The molecule has 3 aliphatic heterocycles. The van der Waals surface area contributed by atoms with Crippen LogP contribution in [0.3, 0.4) is 0 Å². The molecule has 0 saturated carbocycles. The molecule has 9 heteroatoms. The second-order valence-electron chi connectivity index (χ2n) is 7.54. The number of urea groups is 1. The highest BCUT2D eigenvalue weighted by Crippen LogP contribution is 2.21. The van der Waals surface area contributed by atoms with Gasteiger partial charge in [-0.25, -0.2) is 9.18 Å². The van der Waals surface area contributed by atoms with Crippen LogP contribution in [-0.2, 0) is 14.3 Å². The average Bonchev–Trinajstić information content (AvgIpc) is 3.39. The van der Waals surface area contributed by atoms with Crippen molar-refractivity contribution < 1.29 is 23.5 Å². The molecule has 4 amide bonds. The van der Waals surface area contributed by atoms with Crippen molar-refractivity contribution >= 4 is 23.5 Å². The number of rotatable bonds is 4. The molecule has 3 fully saturated rings. The number of hydrogen-bond acceptors (Lipinski definition) is 4. The summed E-state index contributed by atoms with van der Waals surface area (Å²) in [5.74, 6) is -0.465. The maximum Gasteiger partial charge on any atom is 0.325 e. The van der Waals surface area contributed by atoms with Crippen LogP contribution in [0.15, 0.2) is 24.3 Å². The van der Waals surface area contributed by atoms with E-state index in [1.165, 1.54) is 17.0 Å². The zero-order valence-electron chi connectivity index (χ0n) is 16.3. The molecule has 4 rings (SSSR count). The SMILES string of the molecule is O=C(CN1CCN(c2ccc(F)cc2)C1=O)N1CCN(C(=O)C2CCCO2)CC1. The molecule has 0 bridgehead atoms. The standard InChI is InChI=1S/C20H25FN4O4/c21-15-3-5-16(6-4-15)25-12-11-24(20(25)28)14-18(26)22-7-9-23(10-8-22)19(27)17-2-1-13-29-17/h3-6,17H,1-2,7-14H2. The number of anilines is 1. The summed E-state index contributed by atoms with van der Waals surface area (Å²) < 4.78 is 18.5. The molecule has 1 aromatic rings. The highest BCUT2D eigenvalue weighted by atomic mass is 19.1. The van der Waals surface area contributed by atoms with Crippen LogP contribution >= 0.6 is 0 Å². The molecule has 1 aromatic carbocycles. The topological polar surface area (TPSA) is 73.4 Å². The van der Waals surface area contributed by atoms with Gasteiger partial charge in [-0.1, -0.05) is 0 Å². The van der Waals surface area contributed by atoms with E-state index >= 15 is 0 Å². The third-order valence-electron chi connectivity index (χ3n) is 5.71. The van der Waals surface area contributed by atoms with E-state index in [1.807, 2.05) is 0 Å². The van der Waals surface area contributed by atoms with Crippen molar-refractivity contribution in [3.05, 3.63) is 30.1 Å². The Kier molecular flexibility index (Phi) is 5.66. The first-order valence-electron chi connectivity index (χ1n) is 10.0. The first kappa shape index (κ1) is 19.6. The lowest BCUT2D eigenvalue weighted by molar-refractivity contribution is -0.146. The van der Waals surface area contributed by atoms with Crippen molar-refractivity contribution in [1.29, 1.82) is 0 Å². The minimum atomic E-state index is -0.357. The van der Waals surface area contributed by atoms with E-state index in [4.69, 9.17) is 4.74 Å². The third kappa shape index (κ3) is 4.19. The highest BCUT2D eigenvalue weighted by molar-refractivity contribution is 5.96. The van der Waals surface area contributed by atoms with Gasteiger partial charge in [0.15, 0.2) is 0 Å². The van der Waals surface area contributed by atoms with Crippen LogP contribution in [-0.4, -0.2) is 91.1 Å². The summed E-state index contributed by atoms with van der Waals surface area (Å²) in [7, 11) is 0. The highest BCUT2D eigenvalue weighted by Gasteiger charge is 2.34. The normalized spacial score (nSPS) is 22.5. The molecule has 0 spiro atoms. The minimum Gasteiger partial charge on any atom is -0.368 e. The fraction of sp³-hybridized carbons (Fsp3) is 0.550. The first-order valence-corrected chi connectivity index (χ1v) is 10.0. The summed E-state index contributed by atoms with van der Waals surface area (Å²) in [6.07, 6.45) is 1.34. The summed E-state index contributed by atoms with van der Waals surface area (Å²) in [6.45, 7) is 3.44. The number of ether oxygens (including phenoxy) is 1. The molecule has 0 aliphatic carbocycles. The quantitative estimate of drug-likeness (QED) is 0.748. The smallest absolute Gasteiger partial charge is 0.325 e. The van der Waals surface area contributed by atoms with E-state index in [2.05, 4.69) is 0 Å². The van der Waals surface area contributed by atoms with Crippen molar-refractivity contribution in [3.8, 4) is 0 Å². The van der Waals surface area contributed by atoms with Crippen LogP contribution in [0.2, 0.25) is 0 Å².